The third-order valence-corrected chi connectivity index (χ3v) is 5.41. The van der Waals surface area contributed by atoms with E-state index in [9.17, 15) is 9.59 Å². The van der Waals surface area contributed by atoms with E-state index in [1.54, 1.807) is 0 Å². The summed E-state index contributed by atoms with van der Waals surface area (Å²) in [6, 6.07) is 0. The monoisotopic (exact) mass is 324 g/mol. The molecule has 2 amide bonds. The van der Waals surface area contributed by atoms with Crippen LogP contribution in [0.1, 0.15) is 103 Å². The van der Waals surface area contributed by atoms with E-state index in [0.717, 1.165) is 57.8 Å². The molecule has 4 N–H and O–H groups in total. The molecular weight excluding hydrogens is 288 g/mol. The lowest BCUT2D eigenvalue weighted by molar-refractivity contribution is -0.129. The molecule has 4 heteroatoms. The van der Waals surface area contributed by atoms with E-state index in [4.69, 9.17) is 11.5 Å². The Labute approximate surface area is 141 Å². The van der Waals surface area contributed by atoms with Crippen LogP contribution in [0.3, 0.4) is 0 Å². The van der Waals surface area contributed by atoms with Gasteiger partial charge in [-0.25, -0.2) is 0 Å². The van der Waals surface area contributed by atoms with Gasteiger partial charge in [0.25, 0.3) is 0 Å². The van der Waals surface area contributed by atoms with Gasteiger partial charge in [0.05, 0.1) is 0 Å². The zero-order chi connectivity index (χ0) is 17.0. The second kappa shape index (κ2) is 11.5. The van der Waals surface area contributed by atoms with Crippen LogP contribution in [0.25, 0.3) is 0 Å². The maximum Gasteiger partial charge on any atom is 0.223 e. The predicted octanol–water partition coefficient (Wildman–Crippen LogP) is 4.20. The van der Waals surface area contributed by atoms with E-state index >= 15 is 0 Å². The molecule has 1 rings (SSSR count). The Morgan fingerprint density at radius 3 is 1.65 bits per heavy atom. The second-order valence-electron chi connectivity index (χ2n) is 7.35. The molecule has 0 radical (unpaired) electrons. The summed E-state index contributed by atoms with van der Waals surface area (Å²) in [5.74, 6) is -0.309. The van der Waals surface area contributed by atoms with E-state index < -0.39 is 0 Å². The van der Waals surface area contributed by atoms with Crippen molar-refractivity contribution in [3.05, 3.63) is 0 Å². The molecule has 1 saturated carbocycles. The Kier molecular flexibility index (Phi) is 9.97. The molecule has 0 spiro atoms. The number of primary amides is 2. The number of amides is 2. The Balaban J connectivity index is 2.45. The summed E-state index contributed by atoms with van der Waals surface area (Å²) in [4.78, 5) is 22.9. The van der Waals surface area contributed by atoms with Gasteiger partial charge >= 0.3 is 0 Å². The largest absolute Gasteiger partial charge is 0.370 e. The van der Waals surface area contributed by atoms with E-state index in [0.29, 0.717) is 6.42 Å². The van der Waals surface area contributed by atoms with Crippen LogP contribution in [0.4, 0.5) is 0 Å². The number of hydrogen-bond acceptors (Lipinski definition) is 2. The number of hydrogen-bond donors (Lipinski definition) is 2. The Morgan fingerprint density at radius 1 is 0.696 bits per heavy atom. The lowest BCUT2D eigenvalue weighted by atomic mass is 9.73. The normalized spacial score (nSPS) is 19.7. The van der Waals surface area contributed by atoms with Crippen molar-refractivity contribution in [2.45, 2.75) is 103 Å². The van der Waals surface area contributed by atoms with Gasteiger partial charge in [0, 0.05) is 11.8 Å². The third kappa shape index (κ3) is 8.38. The van der Waals surface area contributed by atoms with Crippen LogP contribution < -0.4 is 11.5 Å². The fourth-order valence-electron chi connectivity index (χ4n) is 3.85. The van der Waals surface area contributed by atoms with E-state index in [-0.39, 0.29) is 17.2 Å². The molecule has 1 fully saturated rings. The highest BCUT2D eigenvalue weighted by Gasteiger charge is 2.34. The van der Waals surface area contributed by atoms with Crippen molar-refractivity contribution in [1.29, 1.82) is 0 Å². The van der Waals surface area contributed by atoms with Gasteiger partial charge in [-0.1, -0.05) is 70.6 Å². The van der Waals surface area contributed by atoms with Crippen LogP contribution >= 0.6 is 0 Å². The molecule has 1 aliphatic rings. The lowest BCUT2D eigenvalue weighted by Crippen LogP contribution is -2.37. The van der Waals surface area contributed by atoms with Gasteiger partial charge in [0.1, 0.15) is 0 Å². The van der Waals surface area contributed by atoms with E-state index in [2.05, 4.69) is 0 Å². The molecule has 0 heterocycles. The maximum atomic E-state index is 12.2. The molecule has 0 aromatic rings. The summed E-state index contributed by atoms with van der Waals surface area (Å²) in [5, 5.41) is 0. The van der Waals surface area contributed by atoms with Gasteiger partial charge in [0.15, 0.2) is 0 Å². The predicted molar refractivity (Wildman–Crippen MR) is 94.7 cm³/mol. The first-order chi connectivity index (χ1) is 11.1. The highest BCUT2D eigenvalue weighted by Crippen LogP contribution is 2.37. The molecule has 23 heavy (non-hydrogen) atoms. The number of rotatable bonds is 8. The van der Waals surface area contributed by atoms with Gasteiger partial charge in [-0.3, -0.25) is 9.59 Å². The van der Waals surface area contributed by atoms with Gasteiger partial charge in [-0.15, -0.1) is 0 Å². The second-order valence-corrected chi connectivity index (χ2v) is 7.35. The van der Waals surface area contributed by atoms with Crippen LogP contribution in [-0.2, 0) is 9.59 Å². The Hall–Kier alpha value is -1.06. The van der Waals surface area contributed by atoms with E-state index in [1.807, 2.05) is 0 Å². The molecule has 0 unspecified atom stereocenters. The summed E-state index contributed by atoms with van der Waals surface area (Å²) < 4.78 is 0. The van der Waals surface area contributed by atoms with Gasteiger partial charge < -0.3 is 11.5 Å². The van der Waals surface area contributed by atoms with E-state index in [1.165, 1.54) is 38.5 Å². The van der Waals surface area contributed by atoms with Crippen molar-refractivity contribution in [2.75, 3.05) is 0 Å². The van der Waals surface area contributed by atoms with Crippen molar-refractivity contribution in [2.24, 2.45) is 16.9 Å². The van der Waals surface area contributed by atoms with Crippen LogP contribution in [0.15, 0.2) is 0 Å². The van der Waals surface area contributed by atoms with Crippen LogP contribution in [-0.4, -0.2) is 11.8 Å². The molecule has 0 bridgehead atoms. The minimum Gasteiger partial charge on any atom is -0.370 e. The first-order valence-corrected chi connectivity index (χ1v) is 9.65. The standard InChI is InChI=1S/C19H36N2O2/c20-17(22)13-9-5-8-12-16-19(18(21)23)14-10-6-3-1-2-4-7-11-15-19/h1-16H2,(H2,20,22)(H2,21,23). The minimum absolute atomic E-state index is 0.0890. The fourth-order valence-corrected chi connectivity index (χ4v) is 3.85. The molecule has 134 valence electrons. The number of carbonyl (C=O) groups is 2. The van der Waals surface area contributed by atoms with Gasteiger partial charge in [0.2, 0.25) is 11.8 Å². The minimum atomic E-state index is -0.284. The van der Waals surface area contributed by atoms with Crippen LogP contribution in [0.2, 0.25) is 0 Å². The quantitative estimate of drug-likeness (QED) is 0.656. The lowest BCUT2D eigenvalue weighted by Gasteiger charge is -2.31. The Bertz CT molecular complexity index is 343. The topological polar surface area (TPSA) is 86.2 Å². The zero-order valence-electron chi connectivity index (χ0n) is 14.8. The summed E-state index contributed by atoms with van der Waals surface area (Å²) >= 11 is 0. The summed E-state index contributed by atoms with van der Waals surface area (Å²) in [5.41, 5.74) is 10.7. The average molecular weight is 325 g/mol. The number of unbranched alkanes of at least 4 members (excludes halogenated alkanes) is 3. The third-order valence-electron chi connectivity index (χ3n) is 5.41. The molecular formula is C19H36N2O2. The molecule has 0 aromatic heterocycles. The zero-order valence-corrected chi connectivity index (χ0v) is 14.8. The molecule has 4 nitrogen and oxygen atoms in total. The summed E-state index contributed by atoms with van der Waals surface area (Å²) in [6.07, 6.45) is 17.3. The van der Waals surface area contributed by atoms with Crippen molar-refractivity contribution < 1.29 is 9.59 Å². The smallest absolute Gasteiger partial charge is 0.223 e. The van der Waals surface area contributed by atoms with Gasteiger partial charge in [-0.05, 0) is 25.7 Å². The Morgan fingerprint density at radius 2 is 1.17 bits per heavy atom. The maximum absolute atomic E-state index is 12.2. The van der Waals surface area contributed by atoms with Crippen molar-refractivity contribution >= 4 is 11.8 Å². The van der Waals surface area contributed by atoms with Crippen LogP contribution in [0, 0.1) is 5.41 Å². The first kappa shape index (κ1) is 20.0. The number of carbonyl (C=O) groups excluding carboxylic acids is 2. The summed E-state index contributed by atoms with van der Waals surface area (Å²) in [6.45, 7) is 0. The molecule has 0 aromatic carbocycles. The SMILES string of the molecule is NC(=O)CCCCCCC1(C(N)=O)CCCCCCCCCC1. The van der Waals surface area contributed by atoms with Crippen molar-refractivity contribution in [3.8, 4) is 0 Å². The van der Waals surface area contributed by atoms with Gasteiger partial charge in [-0.2, -0.15) is 0 Å². The fraction of sp³-hybridized carbons (Fsp3) is 0.895. The van der Waals surface area contributed by atoms with Crippen LogP contribution in [0.5, 0.6) is 0 Å². The highest BCUT2D eigenvalue weighted by atomic mass is 16.1. The summed E-state index contributed by atoms with van der Waals surface area (Å²) in [7, 11) is 0. The van der Waals surface area contributed by atoms with Crippen molar-refractivity contribution in [1.82, 2.24) is 0 Å². The molecule has 0 atom stereocenters. The van der Waals surface area contributed by atoms with Crippen molar-refractivity contribution in [3.63, 3.8) is 0 Å². The molecule has 0 saturated heterocycles. The number of nitrogens with two attached hydrogens (primary N) is 2. The average Bonchev–Trinajstić information content (AvgIpc) is 2.55. The molecule has 0 aliphatic heterocycles. The highest BCUT2D eigenvalue weighted by molar-refractivity contribution is 5.80. The molecule has 1 aliphatic carbocycles. The first-order valence-electron chi connectivity index (χ1n) is 9.65.